The highest BCUT2D eigenvalue weighted by Gasteiger charge is 2.28. The van der Waals surface area contributed by atoms with Crippen LogP contribution in [0.1, 0.15) is 19.8 Å². The van der Waals surface area contributed by atoms with Gasteiger partial charge in [0.05, 0.1) is 19.1 Å². The normalized spacial score (nSPS) is 20.6. The minimum atomic E-state index is -0.176. The highest BCUT2D eigenvalue weighted by atomic mass is 16.5. The molecule has 0 aromatic rings. The third-order valence-electron chi connectivity index (χ3n) is 2.72. The molecule has 0 unspecified atom stereocenters. The fourth-order valence-corrected chi connectivity index (χ4v) is 1.92. The number of likely N-dealkylation sites (tertiary alicyclic amines) is 1. The number of piperidine rings is 1. The summed E-state index contributed by atoms with van der Waals surface area (Å²) >= 11 is 0. The smallest absolute Gasteiger partial charge is 0.310 e. The van der Waals surface area contributed by atoms with Crippen LogP contribution in [-0.4, -0.2) is 50.1 Å². The lowest BCUT2D eigenvalue weighted by Crippen LogP contribution is -2.45. The van der Waals surface area contributed by atoms with Gasteiger partial charge in [0.15, 0.2) is 0 Å². The molecule has 1 rings (SSSR count). The van der Waals surface area contributed by atoms with Crippen LogP contribution in [0, 0.1) is 5.92 Å². The van der Waals surface area contributed by atoms with Gasteiger partial charge in [-0.25, -0.2) is 0 Å². The Hall–Kier alpha value is -1.10. The zero-order valence-corrected chi connectivity index (χ0v) is 9.99. The van der Waals surface area contributed by atoms with Crippen molar-refractivity contribution in [3.05, 3.63) is 0 Å². The van der Waals surface area contributed by atoms with Gasteiger partial charge in [0.25, 0.3) is 0 Å². The quantitative estimate of drug-likeness (QED) is 0.688. The van der Waals surface area contributed by atoms with E-state index in [1.807, 2.05) is 0 Å². The number of nitrogens with zero attached hydrogens (tertiary/aromatic N) is 1. The summed E-state index contributed by atoms with van der Waals surface area (Å²) < 4.78 is 4.98. The van der Waals surface area contributed by atoms with Gasteiger partial charge in [0, 0.05) is 13.1 Å². The fraction of sp³-hybridized carbons (Fsp3) is 0.818. The summed E-state index contributed by atoms with van der Waals surface area (Å²) in [7, 11) is 1.74. The number of rotatable bonds is 4. The number of hydrogen-bond acceptors (Lipinski definition) is 4. The molecule has 16 heavy (non-hydrogen) atoms. The lowest BCUT2D eigenvalue weighted by molar-refractivity contribution is -0.151. The molecule has 0 saturated carbocycles. The van der Waals surface area contributed by atoms with Gasteiger partial charge >= 0.3 is 5.97 Å². The third-order valence-corrected chi connectivity index (χ3v) is 2.72. The number of carbonyl (C=O) groups excluding carboxylic acids is 2. The minimum Gasteiger partial charge on any atom is -0.466 e. The lowest BCUT2D eigenvalue weighted by Gasteiger charge is -2.31. The highest BCUT2D eigenvalue weighted by Crippen LogP contribution is 2.17. The van der Waals surface area contributed by atoms with Crippen LogP contribution in [0.2, 0.25) is 0 Å². The monoisotopic (exact) mass is 228 g/mol. The van der Waals surface area contributed by atoms with Gasteiger partial charge in [-0.05, 0) is 26.8 Å². The largest absolute Gasteiger partial charge is 0.466 e. The van der Waals surface area contributed by atoms with Crippen LogP contribution >= 0.6 is 0 Å². The maximum Gasteiger partial charge on any atom is 0.310 e. The summed E-state index contributed by atoms with van der Waals surface area (Å²) in [5.41, 5.74) is 0. The maximum atomic E-state index is 11.6. The molecule has 1 atom stereocenters. The molecule has 1 aliphatic rings. The van der Waals surface area contributed by atoms with E-state index in [0.717, 1.165) is 19.4 Å². The molecule has 1 fully saturated rings. The summed E-state index contributed by atoms with van der Waals surface area (Å²) in [6.45, 7) is 3.77. The first-order valence-electron chi connectivity index (χ1n) is 5.78. The molecule has 92 valence electrons. The molecule has 1 heterocycles. The van der Waals surface area contributed by atoms with Crippen LogP contribution in [0.3, 0.4) is 0 Å². The Morgan fingerprint density at radius 2 is 2.25 bits per heavy atom. The van der Waals surface area contributed by atoms with E-state index in [9.17, 15) is 9.59 Å². The Labute approximate surface area is 96.1 Å². The van der Waals surface area contributed by atoms with E-state index in [-0.39, 0.29) is 17.8 Å². The first-order valence-corrected chi connectivity index (χ1v) is 5.78. The molecule has 1 N–H and O–H groups in total. The summed E-state index contributed by atoms with van der Waals surface area (Å²) in [6.07, 6.45) is 1.70. The van der Waals surface area contributed by atoms with Crippen molar-refractivity contribution < 1.29 is 14.3 Å². The first-order chi connectivity index (χ1) is 7.69. The average Bonchev–Trinajstić information content (AvgIpc) is 2.30. The number of amides is 1. The van der Waals surface area contributed by atoms with Crippen molar-refractivity contribution in [2.75, 3.05) is 33.3 Å². The van der Waals surface area contributed by atoms with E-state index in [0.29, 0.717) is 19.7 Å². The van der Waals surface area contributed by atoms with Crippen LogP contribution < -0.4 is 5.32 Å². The molecule has 0 radical (unpaired) electrons. The fourth-order valence-electron chi connectivity index (χ4n) is 1.92. The lowest BCUT2D eigenvalue weighted by atomic mass is 9.98. The van der Waals surface area contributed by atoms with Crippen molar-refractivity contribution in [1.82, 2.24) is 10.2 Å². The van der Waals surface area contributed by atoms with Crippen LogP contribution in [0.4, 0.5) is 0 Å². The predicted octanol–water partition coefficient (Wildman–Crippen LogP) is 0.00750. The predicted molar refractivity (Wildman–Crippen MR) is 59.9 cm³/mol. The molecule has 1 saturated heterocycles. The molecule has 1 aliphatic heterocycles. The summed E-state index contributed by atoms with van der Waals surface area (Å²) in [5.74, 6) is -0.268. The van der Waals surface area contributed by atoms with E-state index < -0.39 is 0 Å². The number of esters is 1. The standard InChI is InChI=1S/C11H20N2O3/c1-3-16-11(15)9-5-4-6-13(8-9)10(14)7-12-2/h9,12H,3-8H2,1-2H3/t9-/m1/s1. The molecule has 5 heteroatoms. The zero-order valence-electron chi connectivity index (χ0n) is 9.99. The number of ether oxygens (including phenoxy) is 1. The average molecular weight is 228 g/mol. The summed E-state index contributed by atoms with van der Waals surface area (Å²) in [6, 6.07) is 0. The van der Waals surface area contributed by atoms with Gasteiger partial charge in [-0.2, -0.15) is 0 Å². The second kappa shape index (κ2) is 6.48. The molecular weight excluding hydrogens is 208 g/mol. The van der Waals surface area contributed by atoms with Crippen molar-refractivity contribution in [3.63, 3.8) is 0 Å². The number of carbonyl (C=O) groups is 2. The maximum absolute atomic E-state index is 11.6. The van der Waals surface area contributed by atoms with E-state index in [2.05, 4.69) is 5.32 Å². The molecule has 1 amide bonds. The molecule has 0 bridgehead atoms. The van der Waals surface area contributed by atoms with Gasteiger partial charge in [-0.1, -0.05) is 0 Å². The molecule has 5 nitrogen and oxygen atoms in total. The second-order valence-corrected chi connectivity index (χ2v) is 3.96. The zero-order chi connectivity index (χ0) is 12.0. The molecule has 0 aromatic carbocycles. The van der Waals surface area contributed by atoms with E-state index in [4.69, 9.17) is 4.74 Å². The Bertz CT molecular complexity index is 232. The minimum absolute atomic E-state index is 0.0523. The third kappa shape index (κ3) is 3.48. The van der Waals surface area contributed by atoms with Crippen molar-refractivity contribution in [1.29, 1.82) is 0 Å². The SMILES string of the molecule is CCOC(=O)[C@@H]1CCCN(C(=O)CNC)C1. The number of hydrogen-bond donors (Lipinski definition) is 1. The number of likely N-dealkylation sites (N-methyl/N-ethyl adjacent to an activating group) is 1. The van der Waals surface area contributed by atoms with Crippen molar-refractivity contribution in [2.24, 2.45) is 5.92 Å². The highest BCUT2D eigenvalue weighted by molar-refractivity contribution is 5.80. The van der Waals surface area contributed by atoms with Crippen LogP contribution in [-0.2, 0) is 14.3 Å². The van der Waals surface area contributed by atoms with Crippen LogP contribution in [0.25, 0.3) is 0 Å². The van der Waals surface area contributed by atoms with E-state index in [1.54, 1.807) is 18.9 Å². The van der Waals surface area contributed by atoms with Gasteiger partial charge in [-0.3, -0.25) is 9.59 Å². The van der Waals surface area contributed by atoms with E-state index >= 15 is 0 Å². The van der Waals surface area contributed by atoms with Crippen LogP contribution in [0.5, 0.6) is 0 Å². The van der Waals surface area contributed by atoms with Gasteiger partial charge in [0.2, 0.25) is 5.91 Å². The summed E-state index contributed by atoms with van der Waals surface area (Å²) in [5, 5.41) is 2.83. The van der Waals surface area contributed by atoms with Crippen molar-refractivity contribution in [3.8, 4) is 0 Å². The Balaban J connectivity index is 2.46. The van der Waals surface area contributed by atoms with Gasteiger partial charge < -0.3 is 15.0 Å². The topological polar surface area (TPSA) is 58.6 Å². The van der Waals surface area contributed by atoms with Gasteiger partial charge in [0.1, 0.15) is 0 Å². The van der Waals surface area contributed by atoms with Gasteiger partial charge in [-0.15, -0.1) is 0 Å². The van der Waals surface area contributed by atoms with Crippen LogP contribution in [0.15, 0.2) is 0 Å². The number of nitrogens with one attached hydrogen (secondary N) is 1. The molecule has 0 spiro atoms. The van der Waals surface area contributed by atoms with Crippen molar-refractivity contribution >= 4 is 11.9 Å². The molecule has 0 aromatic heterocycles. The van der Waals surface area contributed by atoms with Crippen molar-refractivity contribution in [2.45, 2.75) is 19.8 Å². The first kappa shape index (κ1) is 13.0. The Kier molecular flexibility index (Phi) is 5.25. The Morgan fingerprint density at radius 1 is 1.50 bits per heavy atom. The summed E-state index contributed by atoms with van der Waals surface area (Å²) in [4.78, 5) is 24.9. The molecule has 0 aliphatic carbocycles. The Morgan fingerprint density at radius 3 is 2.88 bits per heavy atom. The van der Waals surface area contributed by atoms with E-state index in [1.165, 1.54) is 0 Å². The second-order valence-electron chi connectivity index (χ2n) is 3.96. The molecular formula is C11H20N2O3.